The number of hydrogen-bond acceptors (Lipinski definition) is 3. The van der Waals surface area contributed by atoms with Crippen molar-refractivity contribution in [3.8, 4) is 0 Å². The topological polar surface area (TPSA) is 51.5 Å². The molecule has 0 aromatic carbocycles. The van der Waals surface area contributed by atoms with Crippen LogP contribution in [0.4, 0.5) is 4.79 Å². The minimum Gasteiger partial charge on any atom is -0.464 e. The Balaban J connectivity index is 2.42. The van der Waals surface area contributed by atoms with Crippen molar-refractivity contribution in [3.63, 3.8) is 0 Å². The number of carbonyl (C=O) groups excluding carboxylic acids is 1. The highest BCUT2D eigenvalue weighted by atomic mass is 16.6. The van der Waals surface area contributed by atoms with Gasteiger partial charge in [-0.05, 0) is 32.9 Å². The normalized spacial score (nSPS) is 11.6. The van der Waals surface area contributed by atoms with Crippen LogP contribution in [0.2, 0.25) is 0 Å². The second-order valence-corrected chi connectivity index (χ2v) is 5.31. The van der Waals surface area contributed by atoms with E-state index in [1.165, 1.54) is 0 Å². The van der Waals surface area contributed by atoms with Gasteiger partial charge in [-0.1, -0.05) is 13.8 Å². The van der Waals surface area contributed by atoms with Crippen molar-refractivity contribution in [1.82, 2.24) is 5.32 Å². The molecule has 0 radical (unpaired) electrons. The Bertz CT molecular complexity index is 374. The van der Waals surface area contributed by atoms with E-state index in [-0.39, 0.29) is 0 Å². The summed E-state index contributed by atoms with van der Waals surface area (Å²) < 4.78 is 10.7. The molecule has 0 unspecified atom stereocenters. The Morgan fingerprint density at radius 3 is 2.53 bits per heavy atom. The molecule has 0 spiro atoms. The zero-order valence-electron chi connectivity index (χ0n) is 11.2. The van der Waals surface area contributed by atoms with Crippen LogP contribution in [-0.4, -0.2) is 11.7 Å². The number of rotatable bonds is 3. The number of furan rings is 1. The summed E-state index contributed by atoms with van der Waals surface area (Å²) >= 11 is 0. The van der Waals surface area contributed by atoms with Crippen LogP contribution in [0.3, 0.4) is 0 Å². The average molecular weight is 239 g/mol. The molecule has 0 bridgehead atoms. The predicted octanol–water partition coefficient (Wildman–Crippen LogP) is 3.43. The summed E-state index contributed by atoms with van der Waals surface area (Å²) in [4.78, 5) is 11.4. The molecular weight excluding hydrogens is 218 g/mol. The highest BCUT2D eigenvalue weighted by molar-refractivity contribution is 5.67. The molecule has 1 aromatic rings. The third kappa shape index (κ3) is 4.93. The molecule has 0 atom stereocenters. The van der Waals surface area contributed by atoms with Crippen molar-refractivity contribution < 1.29 is 13.9 Å². The van der Waals surface area contributed by atoms with Crippen molar-refractivity contribution in [2.45, 2.75) is 52.7 Å². The summed E-state index contributed by atoms with van der Waals surface area (Å²) in [6.07, 6.45) is -0.431. The molecule has 96 valence electrons. The number of amides is 1. The van der Waals surface area contributed by atoms with Crippen LogP contribution in [0.1, 0.15) is 52.1 Å². The van der Waals surface area contributed by atoms with Gasteiger partial charge in [0.15, 0.2) is 0 Å². The van der Waals surface area contributed by atoms with E-state index in [1.807, 2.05) is 32.9 Å². The molecular formula is C13H21NO3. The van der Waals surface area contributed by atoms with Crippen LogP contribution >= 0.6 is 0 Å². The first-order valence-electron chi connectivity index (χ1n) is 5.83. The second kappa shape index (κ2) is 5.25. The van der Waals surface area contributed by atoms with Crippen molar-refractivity contribution in [2.75, 3.05) is 0 Å². The average Bonchev–Trinajstić information content (AvgIpc) is 2.60. The highest BCUT2D eigenvalue weighted by Crippen LogP contribution is 2.17. The Labute approximate surface area is 102 Å². The number of carbonyl (C=O) groups is 1. The molecule has 0 saturated carbocycles. The third-order valence-electron chi connectivity index (χ3n) is 2.06. The molecule has 4 nitrogen and oxygen atoms in total. The molecule has 1 rings (SSSR count). The molecule has 1 heterocycles. The fraction of sp³-hybridized carbons (Fsp3) is 0.615. The van der Waals surface area contributed by atoms with E-state index in [0.717, 1.165) is 11.5 Å². The molecule has 0 aliphatic carbocycles. The van der Waals surface area contributed by atoms with Gasteiger partial charge in [0.2, 0.25) is 0 Å². The quantitative estimate of drug-likeness (QED) is 0.879. The van der Waals surface area contributed by atoms with Gasteiger partial charge in [-0.15, -0.1) is 0 Å². The standard InChI is InChI=1S/C13H21NO3/c1-9(2)11-7-6-10(16-11)8-14-12(15)17-13(3,4)5/h6-7,9H,8H2,1-5H3,(H,14,15). The maximum absolute atomic E-state index is 11.4. The highest BCUT2D eigenvalue weighted by Gasteiger charge is 2.16. The van der Waals surface area contributed by atoms with Crippen LogP contribution in [0, 0.1) is 0 Å². The maximum Gasteiger partial charge on any atom is 0.408 e. The molecule has 0 aliphatic rings. The van der Waals surface area contributed by atoms with Gasteiger partial charge in [0.05, 0.1) is 6.54 Å². The van der Waals surface area contributed by atoms with Crippen molar-refractivity contribution in [1.29, 1.82) is 0 Å². The van der Waals surface area contributed by atoms with Crippen LogP contribution in [0.5, 0.6) is 0 Å². The lowest BCUT2D eigenvalue weighted by molar-refractivity contribution is 0.0519. The van der Waals surface area contributed by atoms with Crippen LogP contribution in [0.15, 0.2) is 16.5 Å². The SMILES string of the molecule is CC(C)c1ccc(CNC(=O)OC(C)(C)C)o1. The lowest BCUT2D eigenvalue weighted by atomic mass is 10.2. The van der Waals surface area contributed by atoms with Gasteiger partial charge in [-0.2, -0.15) is 0 Å². The Morgan fingerprint density at radius 2 is 2.06 bits per heavy atom. The predicted molar refractivity (Wildman–Crippen MR) is 65.9 cm³/mol. The largest absolute Gasteiger partial charge is 0.464 e. The Morgan fingerprint density at radius 1 is 1.41 bits per heavy atom. The first-order valence-corrected chi connectivity index (χ1v) is 5.83. The zero-order valence-corrected chi connectivity index (χ0v) is 11.2. The summed E-state index contributed by atoms with van der Waals surface area (Å²) in [6.45, 7) is 9.96. The fourth-order valence-electron chi connectivity index (χ4n) is 1.27. The summed E-state index contributed by atoms with van der Waals surface area (Å²) in [5.41, 5.74) is -0.476. The molecule has 0 saturated heterocycles. The molecule has 1 N–H and O–H groups in total. The molecule has 1 amide bonds. The number of ether oxygens (including phenoxy) is 1. The van der Waals surface area contributed by atoms with Gasteiger partial charge in [0.25, 0.3) is 0 Å². The smallest absolute Gasteiger partial charge is 0.408 e. The molecule has 0 fully saturated rings. The molecule has 1 aromatic heterocycles. The van der Waals surface area contributed by atoms with E-state index < -0.39 is 11.7 Å². The van der Waals surface area contributed by atoms with E-state index in [2.05, 4.69) is 19.2 Å². The van der Waals surface area contributed by atoms with Gasteiger partial charge in [0.1, 0.15) is 17.1 Å². The zero-order chi connectivity index (χ0) is 13.1. The van der Waals surface area contributed by atoms with Crippen LogP contribution in [0.25, 0.3) is 0 Å². The first-order chi connectivity index (χ1) is 7.78. The van der Waals surface area contributed by atoms with Crippen LogP contribution < -0.4 is 5.32 Å². The Hall–Kier alpha value is -1.45. The fourth-order valence-corrected chi connectivity index (χ4v) is 1.27. The minimum absolute atomic E-state index is 0.349. The lowest BCUT2D eigenvalue weighted by Gasteiger charge is -2.19. The lowest BCUT2D eigenvalue weighted by Crippen LogP contribution is -2.32. The van der Waals surface area contributed by atoms with E-state index in [0.29, 0.717) is 12.5 Å². The van der Waals surface area contributed by atoms with Gasteiger partial charge in [0, 0.05) is 5.92 Å². The van der Waals surface area contributed by atoms with Gasteiger partial charge < -0.3 is 14.5 Å². The van der Waals surface area contributed by atoms with Crippen molar-refractivity contribution in [3.05, 3.63) is 23.7 Å². The first kappa shape index (κ1) is 13.6. The number of hydrogen-bond donors (Lipinski definition) is 1. The molecule has 17 heavy (non-hydrogen) atoms. The molecule has 0 aliphatic heterocycles. The minimum atomic E-state index is -0.476. The number of nitrogens with one attached hydrogen (secondary N) is 1. The van der Waals surface area contributed by atoms with Gasteiger partial charge in [-0.3, -0.25) is 0 Å². The summed E-state index contributed by atoms with van der Waals surface area (Å²) in [7, 11) is 0. The van der Waals surface area contributed by atoms with Gasteiger partial charge >= 0.3 is 6.09 Å². The second-order valence-electron chi connectivity index (χ2n) is 5.31. The third-order valence-corrected chi connectivity index (χ3v) is 2.06. The van der Waals surface area contributed by atoms with E-state index in [1.54, 1.807) is 0 Å². The van der Waals surface area contributed by atoms with Crippen LogP contribution in [-0.2, 0) is 11.3 Å². The number of alkyl carbamates (subject to hydrolysis) is 1. The van der Waals surface area contributed by atoms with Crippen molar-refractivity contribution in [2.24, 2.45) is 0 Å². The van der Waals surface area contributed by atoms with Crippen molar-refractivity contribution >= 4 is 6.09 Å². The van der Waals surface area contributed by atoms with Gasteiger partial charge in [-0.25, -0.2) is 4.79 Å². The van der Waals surface area contributed by atoms with E-state index in [9.17, 15) is 4.79 Å². The van der Waals surface area contributed by atoms with E-state index in [4.69, 9.17) is 9.15 Å². The Kier molecular flexibility index (Phi) is 4.21. The molecule has 4 heteroatoms. The monoisotopic (exact) mass is 239 g/mol. The van der Waals surface area contributed by atoms with E-state index >= 15 is 0 Å². The summed E-state index contributed by atoms with van der Waals surface area (Å²) in [6, 6.07) is 3.80. The summed E-state index contributed by atoms with van der Waals surface area (Å²) in [5.74, 6) is 2.01. The summed E-state index contributed by atoms with van der Waals surface area (Å²) in [5, 5.41) is 2.65. The maximum atomic E-state index is 11.4.